The Morgan fingerprint density at radius 2 is 1.83 bits per heavy atom. The largest absolute Gasteiger partial charge is 0.352 e. The summed E-state index contributed by atoms with van der Waals surface area (Å²) in [6, 6.07) is -1.08. The second-order valence-corrected chi connectivity index (χ2v) is 4.81. The molecule has 0 heterocycles. The van der Waals surface area contributed by atoms with Crippen molar-refractivity contribution in [2.24, 2.45) is 0 Å². The first-order chi connectivity index (χ1) is 8.43. The maximum Gasteiger partial charge on any atom is 0.244 e. The molecule has 6 nitrogen and oxygen atoms in total. The van der Waals surface area contributed by atoms with Gasteiger partial charge < -0.3 is 16.0 Å². The first-order valence-electron chi connectivity index (χ1n) is 5.92. The number of thiol groups is 1. The Labute approximate surface area is 112 Å². The van der Waals surface area contributed by atoms with E-state index in [1.165, 1.54) is 6.92 Å². The maximum absolute atomic E-state index is 11.8. The molecule has 0 aliphatic heterocycles. The van der Waals surface area contributed by atoms with Crippen LogP contribution in [0.5, 0.6) is 0 Å². The van der Waals surface area contributed by atoms with E-state index in [0.29, 0.717) is 0 Å². The van der Waals surface area contributed by atoms with Gasteiger partial charge in [-0.3, -0.25) is 14.4 Å². The van der Waals surface area contributed by atoms with Crippen LogP contribution in [-0.2, 0) is 14.4 Å². The molecule has 0 aromatic heterocycles. The minimum atomic E-state index is -0.720. The smallest absolute Gasteiger partial charge is 0.244 e. The van der Waals surface area contributed by atoms with Crippen LogP contribution in [0.15, 0.2) is 0 Å². The summed E-state index contributed by atoms with van der Waals surface area (Å²) in [5.41, 5.74) is 0. The van der Waals surface area contributed by atoms with Gasteiger partial charge in [0.1, 0.15) is 12.1 Å². The summed E-state index contributed by atoms with van der Waals surface area (Å²) >= 11 is 3.99. The van der Waals surface area contributed by atoms with Crippen molar-refractivity contribution in [2.75, 3.05) is 5.75 Å². The van der Waals surface area contributed by atoms with Gasteiger partial charge in [-0.2, -0.15) is 12.6 Å². The van der Waals surface area contributed by atoms with Gasteiger partial charge in [0.25, 0.3) is 0 Å². The topological polar surface area (TPSA) is 87.3 Å². The normalized spacial score (nSPS) is 17.5. The molecule has 1 rings (SSSR count). The highest BCUT2D eigenvalue weighted by Gasteiger charge is 2.27. The second kappa shape index (κ2) is 6.63. The molecule has 0 radical (unpaired) electrons. The summed E-state index contributed by atoms with van der Waals surface area (Å²) in [6.07, 6.45) is 2.00. The number of carbonyl (C=O) groups is 3. The molecule has 2 atom stereocenters. The number of carbonyl (C=O) groups excluding carboxylic acids is 3. The average molecular weight is 273 g/mol. The van der Waals surface area contributed by atoms with Gasteiger partial charge in [-0.15, -0.1) is 0 Å². The van der Waals surface area contributed by atoms with E-state index >= 15 is 0 Å². The average Bonchev–Trinajstić information content (AvgIpc) is 3.09. The third-order valence-corrected chi connectivity index (χ3v) is 2.92. The van der Waals surface area contributed by atoms with Gasteiger partial charge in [0.2, 0.25) is 17.7 Å². The fourth-order valence-electron chi connectivity index (χ4n) is 1.37. The highest BCUT2D eigenvalue weighted by Crippen LogP contribution is 2.18. The highest BCUT2D eigenvalue weighted by atomic mass is 32.1. The molecule has 3 N–H and O–H groups in total. The Hall–Kier alpha value is -1.24. The molecule has 102 valence electrons. The third-order valence-electron chi connectivity index (χ3n) is 2.55. The van der Waals surface area contributed by atoms with Crippen molar-refractivity contribution in [1.82, 2.24) is 16.0 Å². The molecule has 18 heavy (non-hydrogen) atoms. The van der Waals surface area contributed by atoms with Crippen LogP contribution in [0.1, 0.15) is 26.7 Å². The molecule has 7 heteroatoms. The van der Waals surface area contributed by atoms with Crippen molar-refractivity contribution >= 4 is 30.4 Å². The molecule has 0 bridgehead atoms. The van der Waals surface area contributed by atoms with E-state index in [9.17, 15) is 14.4 Å². The molecule has 0 saturated heterocycles. The van der Waals surface area contributed by atoms with Gasteiger partial charge in [0, 0.05) is 18.7 Å². The lowest BCUT2D eigenvalue weighted by molar-refractivity contribution is -0.131. The third kappa shape index (κ3) is 4.95. The number of amides is 3. The van der Waals surface area contributed by atoms with E-state index in [4.69, 9.17) is 0 Å². The van der Waals surface area contributed by atoms with Gasteiger partial charge >= 0.3 is 0 Å². The SMILES string of the molecule is CC(=O)NC(CS)C(=O)NC(C)C(=O)NC1CC1. The first kappa shape index (κ1) is 14.8. The molecule has 2 unspecified atom stereocenters. The van der Waals surface area contributed by atoms with Crippen molar-refractivity contribution in [1.29, 1.82) is 0 Å². The van der Waals surface area contributed by atoms with E-state index < -0.39 is 18.0 Å². The summed E-state index contributed by atoms with van der Waals surface area (Å²) < 4.78 is 0. The van der Waals surface area contributed by atoms with Gasteiger partial charge in [0.05, 0.1) is 0 Å². The molecule has 1 fully saturated rings. The minimum Gasteiger partial charge on any atom is -0.352 e. The fraction of sp³-hybridized carbons (Fsp3) is 0.727. The minimum absolute atomic E-state index is 0.183. The monoisotopic (exact) mass is 273 g/mol. The van der Waals surface area contributed by atoms with E-state index in [0.717, 1.165) is 12.8 Å². The molecule has 0 aromatic rings. The van der Waals surface area contributed by atoms with Crippen LogP contribution in [0, 0.1) is 0 Å². The molecule has 1 aliphatic rings. The van der Waals surface area contributed by atoms with Crippen LogP contribution in [0.4, 0.5) is 0 Å². The Kier molecular flexibility index (Phi) is 5.46. The molecule has 1 saturated carbocycles. The van der Waals surface area contributed by atoms with Crippen molar-refractivity contribution in [3.8, 4) is 0 Å². The zero-order chi connectivity index (χ0) is 13.7. The maximum atomic E-state index is 11.8. The number of hydrogen-bond donors (Lipinski definition) is 4. The Balaban J connectivity index is 2.40. The summed E-state index contributed by atoms with van der Waals surface area (Å²) in [4.78, 5) is 34.3. The Morgan fingerprint density at radius 3 is 2.28 bits per heavy atom. The van der Waals surface area contributed by atoms with Crippen LogP contribution in [-0.4, -0.2) is 41.6 Å². The van der Waals surface area contributed by atoms with E-state index in [1.807, 2.05) is 0 Å². The molecular formula is C11H19N3O3S. The molecule has 3 amide bonds. The zero-order valence-electron chi connectivity index (χ0n) is 10.5. The number of nitrogens with one attached hydrogen (secondary N) is 3. The molecule has 0 spiro atoms. The Bertz CT molecular complexity index is 344. The lowest BCUT2D eigenvalue weighted by Crippen LogP contribution is -2.53. The Morgan fingerprint density at radius 1 is 1.22 bits per heavy atom. The summed E-state index contributed by atoms with van der Waals surface area (Å²) in [5.74, 6) is -0.730. The summed E-state index contributed by atoms with van der Waals surface area (Å²) in [6.45, 7) is 2.94. The second-order valence-electron chi connectivity index (χ2n) is 4.45. The van der Waals surface area contributed by atoms with Gasteiger partial charge in [0.15, 0.2) is 0 Å². The quantitative estimate of drug-likeness (QED) is 0.478. The highest BCUT2D eigenvalue weighted by molar-refractivity contribution is 7.80. The van der Waals surface area contributed by atoms with Crippen LogP contribution in [0.3, 0.4) is 0 Å². The van der Waals surface area contributed by atoms with Gasteiger partial charge in [-0.25, -0.2) is 0 Å². The van der Waals surface area contributed by atoms with E-state index in [1.54, 1.807) is 6.92 Å². The van der Waals surface area contributed by atoms with E-state index in [2.05, 4.69) is 28.6 Å². The fourth-order valence-corrected chi connectivity index (χ4v) is 1.63. The summed E-state index contributed by atoms with van der Waals surface area (Å²) in [7, 11) is 0. The van der Waals surface area contributed by atoms with Crippen LogP contribution < -0.4 is 16.0 Å². The number of hydrogen-bond acceptors (Lipinski definition) is 4. The predicted molar refractivity (Wildman–Crippen MR) is 70.2 cm³/mol. The van der Waals surface area contributed by atoms with E-state index in [-0.39, 0.29) is 23.6 Å². The predicted octanol–water partition coefficient (Wildman–Crippen LogP) is -0.796. The lowest BCUT2D eigenvalue weighted by Gasteiger charge is -2.19. The number of rotatable bonds is 6. The zero-order valence-corrected chi connectivity index (χ0v) is 11.4. The standard InChI is InChI=1S/C11H19N3O3S/c1-6(10(16)14-8-3-4-8)12-11(17)9(5-18)13-7(2)15/h6,8-9,18H,3-5H2,1-2H3,(H,12,17)(H,13,15)(H,14,16). The van der Waals surface area contributed by atoms with Crippen molar-refractivity contribution in [2.45, 2.75) is 44.8 Å². The van der Waals surface area contributed by atoms with Crippen LogP contribution in [0.2, 0.25) is 0 Å². The van der Waals surface area contributed by atoms with Crippen molar-refractivity contribution < 1.29 is 14.4 Å². The van der Waals surface area contributed by atoms with Gasteiger partial charge in [-0.05, 0) is 19.8 Å². The molecule has 1 aliphatic carbocycles. The molecule has 0 aromatic carbocycles. The lowest BCUT2D eigenvalue weighted by atomic mass is 10.2. The van der Waals surface area contributed by atoms with Gasteiger partial charge in [-0.1, -0.05) is 0 Å². The molecular weight excluding hydrogens is 254 g/mol. The van der Waals surface area contributed by atoms with Crippen molar-refractivity contribution in [3.63, 3.8) is 0 Å². The van der Waals surface area contributed by atoms with Crippen LogP contribution >= 0.6 is 12.6 Å². The van der Waals surface area contributed by atoms with Crippen LogP contribution in [0.25, 0.3) is 0 Å². The summed E-state index contributed by atoms with van der Waals surface area (Å²) in [5, 5.41) is 7.82. The van der Waals surface area contributed by atoms with Crippen molar-refractivity contribution in [3.05, 3.63) is 0 Å². The first-order valence-corrected chi connectivity index (χ1v) is 6.56.